The summed E-state index contributed by atoms with van der Waals surface area (Å²) in [5, 5.41) is 31.1. The molecule has 2 heterocycles. The number of amides is 12. The molecule has 28 heteroatoms. The molecule has 0 radical (unpaired) electrons. The van der Waals surface area contributed by atoms with Gasteiger partial charge in [0.2, 0.25) is 70.9 Å². The standard InChI is InChI=1S/C45H69N13O13S2/c1-4-23(3)36-44(70)53-26(13-14-33(47)60)39(65)54-29(19-34(48)61)40(66)56-30(21-72-73-22-32(59)43(69)55-28(41(67)57-36)18-24-10-7-6-8-11-24)45(71)58-17-9-12-31(58)42(68)52-27(38(64)51-20-35(49)62)15-16-50-37(63)25(46)5-2/h6-8,10-11,23,25-32,36,59H,4-5,9,12-22,46H2,1-3H3,(H2,47,60)(H2,48,61)(H2,49,62)(H,50,63)(H,51,64)(H,52,68)(H,53,70)(H,54,65)(H,55,69)(H,56,66)(H,57,67)/t23-,25?,26-,27-,28-,29-,30-,31-,32-,36-/m0/s1. The van der Waals surface area contributed by atoms with Crippen molar-refractivity contribution in [3.63, 3.8) is 0 Å². The maximum Gasteiger partial charge on any atom is 0.250 e. The first-order valence-corrected chi connectivity index (χ1v) is 26.3. The summed E-state index contributed by atoms with van der Waals surface area (Å²) in [6.45, 7) is 4.35. The molecular weight excluding hydrogens is 995 g/mol. The van der Waals surface area contributed by atoms with E-state index >= 15 is 0 Å². The maximum absolute atomic E-state index is 14.6. The van der Waals surface area contributed by atoms with E-state index in [9.17, 15) is 62.6 Å². The van der Waals surface area contributed by atoms with Gasteiger partial charge in [-0.2, -0.15) is 0 Å². The van der Waals surface area contributed by atoms with Gasteiger partial charge in [0.05, 0.1) is 19.0 Å². The van der Waals surface area contributed by atoms with Gasteiger partial charge in [0.15, 0.2) is 0 Å². The number of hydrogen-bond donors (Lipinski definition) is 13. The highest BCUT2D eigenvalue weighted by Crippen LogP contribution is 2.26. The van der Waals surface area contributed by atoms with Gasteiger partial charge in [-0.3, -0.25) is 57.5 Å². The van der Waals surface area contributed by atoms with E-state index in [1.807, 2.05) is 0 Å². The molecule has 0 aliphatic carbocycles. The van der Waals surface area contributed by atoms with Gasteiger partial charge in [-0.05, 0) is 43.6 Å². The Labute approximate surface area is 430 Å². The van der Waals surface area contributed by atoms with Crippen LogP contribution in [-0.4, -0.2) is 166 Å². The fourth-order valence-electron chi connectivity index (χ4n) is 7.53. The number of hydrogen-bond acceptors (Lipinski definition) is 16. The van der Waals surface area contributed by atoms with Crippen molar-refractivity contribution >= 4 is 92.5 Å². The second-order valence-electron chi connectivity index (χ2n) is 17.6. The van der Waals surface area contributed by atoms with Gasteiger partial charge < -0.3 is 75.5 Å². The number of likely N-dealkylation sites (tertiary alicyclic amines) is 1. The van der Waals surface area contributed by atoms with Gasteiger partial charge >= 0.3 is 0 Å². The lowest BCUT2D eigenvalue weighted by Crippen LogP contribution is -2.61. The molecule has 2 aliphatic heterocycles. The van der Waals surface area contributed by atoms with Gasteiger partial charge in [0.1, 0.15) is 48.4 Å². The SMILES string of the molecule is CCC(N)C(=O)NCC[C@H](NC(=O)[C@@H]1CCCN1C(=O)[C@@H]1CSSC[C@H](O)C(=O)N[C@@H](Cc2ccccc2)C(=O)N[C@@H]([C@@H](C)CC)C(=O)N[C@@H](CCC(N)=O)C(=O)N[C@@H](CC(N)=O)C(=O)N1)C(=O)NCC(N)=O. The Morgan fingerprint density at radius 1 is 0.753 bits per heavy atom. The largest absolute Gasteiger partial charge is 0.382 e. The van der Waals surface area contributed by atoms with Gasteiger partial charge in [-0.1, -0.05) is 79.1 Å². The fraction of sp³-hybridized carbons (Fsp3) is 0.600. The van der Waals surface area contributed by atoms with E-state index in [4.69, 9.17) is 22.9 Å². The molecule has 73 heavy (non-hydrogen) atoms. The number of nitrogens with zero attached hydrogens (tertiary/aromatic N) is 1. The molecule has 2 fully saturated rings. The molecule has 12 amide bonds. The average Bonchev–Trinajstić information content (AvgIpc) is 3.85. The number of benzene rings is 1. The van der Waals surface area contributed by atoms with Gasteiger partial charge in [0, 0.05) is 37.4 Å². The zero-order valence-electron chi connectivity index (χ0n) is 41.0. The Bertz CT molecular complexity index is 2160. The first kappa shape index (κ1) is 60.8. The lowest BCUT2D eigenvalue weighted by molar-refractivity contribution is -0.142. The lowest BCUT2D eigenvalue weighted by Gasteiger charge is -2.31. The third-order valence-corrected chi connectivity index (χ3v) is 14.3. The minimum absolute atomic E-state index is 0.0262. The Kier molecular flexibility index (Phi) is 25.4. The van der Waals surface area contributed by atoms with Crippen LogP contribution in [0.4, 0.5) is 0 Å². The molecule has 0 aromatic heterocycles. The summed E-state index contributed by atoms with van der Waals surface area (Å²) in [6, 6.07) is -2.44. The number of rotatable bonds is 20. The van der Waals surface area contributed by atoms with Crippen molar-refractivity contribution in [2.45, 2.75) is 133 Å². The van der Waals surface area contributed by atoms with Crippen LogP contribution in [0.2, 0.25) is 0 Å². The predicted octanol–water partition coefficient (Wildman–Crippen LogP) is -5.08. The third-order valence-electron chi connectivity index (χ3n) is 11.9. The van der Waals surface area contributed by atoms with Crippen LogP contribution in [0.15, 0.2) is 30.3 Å². The van der Waals surface area contributed by atoms with Gasteiger partial charge in [-0.25, -0.2) is 0 Å². The predicted molar refractivity (Wildman–Crippen MR) is 267 cm³/mol. The first-order valence-electron chi connectivity index (χ1n) is 23.8. The average molecular weight is 1060 g/mol. The minimum Gasteiger partial charge on any atom is -0.382 e. The number of nitrogens with two attached hydrogens (primary N) is 4. The fourth-order valence-corrected chi connectivity index (χ4v) is 9.73. The van der Waals surface area contributed by atoms with Crippen molar-refractivity contribution in [1.29, 1.82) is 0 Å². The van der Waals surface area contributed by atoms with Crippen LogP contribution in [0.1, 0.15) is 77.7 Å². The second kappa shape index (κ2) is 30.5. The molecule has 2 aliphatic rings. The van der Waals surface area contributed by atoms with E-state index in [1.165, 1.54) is 0 Å². The molecule has 26 nitrogen and oxygen atoms in total. The molecule has 1 aromatic rings. The lowest BCUT2D eigenvalue weighted by atomic mass is 9.96. The van der Waals surface area contributed by atoms with Crippen molar-refractivity contribution in [3.8, 4) is 0 Å². The number of aliphatic hydroxyl groups excluding tert-OH is 1. The molecule has 17 N–H and O–H groups in total. The number of carbonyl (C=O) groups excluding carboxylic acids is 12. The topological polar surface area (TPSA) is 429 Å². The quantitative estimate of drug-likeness (QED) is 0.0544. The first-order chi connectivity index (χ1) is 34.6. The zero-order chi connectivity index (χ0) is 54.4. The molecule has 3 rings (SSSR count). The summed E-state index contributed by atoms with van der Waals surface area (Å²) in [7, 11) is 1.82. The Morgan fingerprint density at radius 2 is 1.38 bits per heavy atom. The van der Waals surface area contributed by atoms with Crippen molar-refractivity contribution in [1.82, 2.24) is 47.4 Å². The summed E-state index contributed by atoms with van der Waals surface area (Å²) >= 11 is 0. The number of nitrogens with one attached hydrogen (secondary N) is 8. The van der Waals surface area contributed by atoms with Crippen LogP contribution < -0.4 is 65.5 Å². The number of aliphatic hydroxyl groups is 1. The monoisotopic (exact) mass is 1060 g/mol. The Balaban J connectivity index is 2.03. The Morgan fingerprint density at radius 3 is 2.01 bits per heavy atom. The van der Waals surface area contributed by atoms with Gasteiger partial charge in [-0.15, -0.1) is 0 Å². The molecule has 1 unspecified atom stereocenters. The van der Waals surface area contributed by atoms with Crippen LogP contribution in [-0.2, 0) is 64.0 Å². The van der Waals surface area contributed by atoms with Crippen LogP contribution in [0.5, 0.6) is 0 Å². The smallest absolute Gasteiger partial charge is 0.250 e. The molecule has 2 saturated heterocycles. The summed E-state index contributed by atoms with van der Waals surface area (Å²) in [5.41, 5.74) is 22.5. The normalized spacial score (nSPS) is 23.9. The zero-order valence-corrected chi connectivity index (χ0v) is 42.6. The van der Waals surface area contributed by atoms with Crippen LogP contribution in [0.3, 0.4) is 0 Å². The molecule has 404 valence electrons. The second-order valence-corrected chi connectivity index (χ2v) is 20.1. The number of primary amides is 3. The maximum atomic E-state index is 14.6. The molecule has 10 atom stereocenters. The van der Waals surface area contributed by atoms with Crippen LogP contribution in [0, 0.1) is 5.92 Å². The molecule has 0 spiro atoms. The number of carbonyl (C=O) groups is 12. The van der Waals surface area contributed by atoms with Crippen LogP contribution >= 0.6 is 21.6 Å². The van der Waals surface area contributed by atoms with E-state index in [0.717, 1.165) is 26.5 Å². The van der Waals surface area contributed by atoms with Crippen molar-refractivity contribution < 1.29 is 62.6 Å². The molecule has 0 saturated carbocycles. The Hall–Kier alpha value is -6.52. The minimum atomic E-state index is -1.80. The summed E-state index contributed by atoms with van der Waals surface area (Å²) in [6.07, 6.45) is -2.65. The van der Waals surface area contributed by atoms with Crippen LogP contribution in [0.25, 0.3) is 0 Å². The highest BCUT2D eigenvalue weighted by molar-refractivity contribution is 8.76. The van der Waals surface area contributed by atoms with E-state index in [-0.39, 0.29) is 50.3 Å². The van der Waals surface area contributed by atoms with Crippen molar-refractivity contribution in [2.24, 2.45) is 28.9 Å². The third kappa shape index (κ3) is 20.1. The van der Waals surface area contributed by atoms with Crippen molar-refractivity contribution in [3.05, 3.63) is 35.9 Å². The molecule has 0 bridgehead atoms. The van der Waals surface area contributed by atoms with E-state index in [2.05, 4.69) is 42.5 Å². The summed E-state index contributed by atoms with van der Waals surface area (Å²) < 4.78 is 0. The van der Waals surface area contributed by atoms with Gasteiger partial charge in [0.25, 0.3) is 0 Å². The summed E-state index contributed by atoms with van der Waals surface area (Å²) in [5.74, 6) is -11.9. The van der Waals surface area contributed by atoms with E-state index in [0.29, 0.717) is 18.4 Å². The highest BCUT2D eigenvalue weighted by Gasteiger charge is 2.41. The highest BCUT2D eigenvalue weighted by atomic mass is 33.1. The molecular formula is C45H69N13O13S2. The van der Waals surface area contributed by atoms with E-state index < -0.39 is 157 Å². The van der Waals surface area contributed by atoms with Crippen molar-refractivity contribution in [2.75, 3.05) is 31.1 Å². The molecule has 1 aromatic carbocycles. The van der Waals surface area contributed by atoms with E-state index in [1.54, 1.807) is 51.1 Å². The summed E-state index contributed by atoms with van der Waals surface area (Å²) in [4.78, 5) is 161.